The van der Waals surface area contributed by atoms with Gasteiger partial charge in [-0.15, -0.1) is 6.58 Å². The Labute approximate surface area is 132 Å². The molecule has 5 heteroatoms. The largest absolute Gasteiger partial charge is 0.481 e. The minimum Gasteiger partial charge on any atom is -0.481 e. The van der Waals surface area contributed by atoms with Crippen molar-refractivity contribution in [1.29, 1.82) is 0 Å². The lowest BCUT2D eigenvalue weighted by Gasteiger charge is -2.44. The zero-order valence-electron chi connectivity index (χ0n) is 13.2. The third kappa shape index (κ3) is 4.63. The number of unbranched alkanes of at least 4 members (excludes halogenated alkanes) is 2. The molecule has 0 aromatic carbocycles. The molecule has 22 heavy (non-hydrogen) atoms. The van der Waals surface area contributed by atoms with Gasteiger partial charge in [-0.05, 0) is 32.1 Å². The minimum atomic E-state index is -0.778. The molecule has 0 bridgehead atoms. The second kappa shape index (κ2) is 8.03. The molecule has 1 aromatic heterocycles. The molecule has 5 nitrogen and oxygen atoms in total. The number of nitrogens with zero attached hydrogens (tertiary/aromatic N) is 3. The summed E-state index contributed by atoms with van der Waals surface area (Å²) in [6.07, 6.45) is 10.3. The number of hydrogen-bond acceptors (Lipinski definition) is 4. The molecule has 120 valence electrons. The Hall–Kier alpha value is -1.75. The number of aryl methyl sites for hydroxylation is 1. The highest BCUT2D eigenvalue weighted by Crippen LogP contribution is 2.33. The van der Waals surface area contributed by atoms with E-state index >= 15 is 0 Å². The number of aliphatic carboxylic acids is 1. The summed E-state index contributed by atoms with van der Waals surface area (Å²) in [4.78, 5) is 21.8. The highest BCUT2D eigenvalue weighted by molar-refractivity contribution is 5.67. The Morgan fingerprint density at radius 1 is 1.45 bits per heavy atom. The summed E-state index contributed by atoms with van der Waals surface area (Å²) in [5, 5.41) is 9.16. The summed E-state index contributed by atoms with van der Waals surface area (Å²) >= 11 is 0. The minimum absolute atomic E-state index is 0.107. The quantitative estimate of drug-likeness (QED) is 0.561. The van der Waals surface area contributed by atoms with Crippen LogP contribution in [0.5, 0.6) is 0 Å². The van der Waals surface area contributed by atoms with Gasteiger partial charge in [0.25, 0.3) is 0 Å². The third-order valence-corrected chi connectivity index (χ3v) is 4.25. The molecule has 1 aromatic rings. The van der Waals surface area contributed by atoms with E-state index in [0.29, 0.717) is 11.7 Å². The van der Waals surface area contributed by atoms with Crippen molar-refractivity contribution in [2.75, 3.05) is 13.1 Å². The van der Waals surface area contributed by atoms with Gasteiger partial charge in [-0.3, -0.25) is 9.69 Å². The molecule has 0 radical (unpaired) electrons. The first-order chi connectivity index (χ1) is 10.6. The molecule has 1 aliphatic heterocycles. The lowest BCUT2D eigenvalue weighted by Crippen LogP contribution is -2.48. The molecule has 0 spiro atoms. The van der Waals surface area contributed by atoms with Crippen LogP contribution in [0.4, 0.5) is 0 Å². The van der Waals surface area contributed by atoms with E-state index < -0.39 is 5.97 Å². The maximum Gasteiger partial charge on any atom is 0.305 e. The van der Waals surface area contributed by atoms with E-state index in [4.69, 9.17) is 5.11 Å². The zero-order chi connectivity index (χ0) is 15.9. The maximum absolute atomic E-state index is 11.1. The van der Waals surface area contributed by atoms with Gasteiger partial charge < -0.3 is 5.11 Å². The Balaban J connectivity index is 1.87. The van der Waals surface area contributed by atoms with Crippen LogP contribution < -0.4 is 0 Å². The Morgan fingerprint density at radius 3 is 2.73 bits per heavy atom. The Morgan fingerprint density at radius 2 is 2.14 bits per heavy atom. The van der Waals surface area contributed by atoms with Crippen LogP contribution >= 0.6 is 0 Å². The van der Waals surface area contributed by atoms with Crippen LogP contribution in [0.3, 0.4) is 0 Å². The summed E-state index contributed by atoms with van der Waals surface area (Å²) in [6, 6.07) is -0.109. The molecule has 1 saturated heterocycles. The zero-order valence-corrected chi connectivity index (χ0v) is 13.2. The average molecular weight is 303 g/mol. The van der Waals surface area contributed by atoms with E-state index in [1.165, 1.54) is 19.3 Å². The molecule has 1 aliphatic rings. The smallest absolute Gasteiger partial charge is 0.305 e. The van der Waals surface area contributed by atoms with Crippen LogP contribution in [0.15, 0.2) is 25.0 Å². The van der Waals surface area contributed by atoms with Gasteiger partial charge in [-0.2, -0.15) is 0 Å². The molecule has 0 amide bonds. The highest BCUT2D eigenvalue weighted by Gasteiger charge is 2.34. The molecule has 1 N–H and O–H groups in total. The summed E-state index contributed by atoms with van der Waals surface area (Å²) < 4.78 is 0. The number of hydrogen-bond donors (Lipinski definition) is 1. The van der Waals surface area contributed by atoms with Crippen molar-refractivity contribution >= 4 is 5.97 Å². The second-order valence-corrected chi connectivity index (χ2v) is 6.07. The van der Waals surface area contributed by atoms with Crippen LogP contribution in [-0.2, 0) is 4.79 Å². The molecule has 1 unspecified atom stereocenters. The first-order valence-electron chi connectivity index (χ1n) is 7.95. The monoisotopic (exact) mass is 303 g/mol. The van der Waals surface area contributed by atoms with E-state index in [0.717, 1.165) is 25.1 Å². The topological polar surface area (TPSA) is 66.3 Å². The van der Waals surface area contributed by atoms with Crippen LogP contribution in [-0.4, -0.2) is 39.0 Å². The van der Waals surface area contributed by atoms with Crippen molar-refractivity contribution in [3.05, 3.63) is 36.4 Å². The number of carbonyl (C=O) groups is 1. The van der Waals surface area contributed by atoms with Crippen molar-refractivity contribution in [2.24, 2.45) is 5.92 Å². The first kappa shape index (κ1) is 16.6. The third-order valence-electron chi connectivity index (χ3n) is 4.25. The number of aromatic nitrogens is 2. The molecule has 1 fully saturated rings. The number of carboxylic acid groups (broad SMARTS) is 1. The molecular formula is C17H25N3O2. The van der Waals surface area contributed by atoms with E-state index in [-0.39, 0.29) is 12.5 Å². The molecular weight excluding hydrogens is 278 g/mol. The van der Waals surface area contributed by atoms with Crippen molar-refractivity contribution in [1.82, 2.24) is 14.9 Å². The summed E-state index contributed by atoms with van der Waals surface area (Å²) in [5.41, 5.74) is 0.901. The van der Waals surface area contributed by atoms with Gasteiger partial charge >= 0.3 is 5.97 Å². The number of allylic oxidation sites excluding steroid dienone is 1. The first-order valence-corrected chi connectivity index (χ1v) is 7.95. The lowest BCUT2D eigenvalue weighted by molar-refractivity contribution is -0.139. The number of rotatable bonds is 9. The molecule has 0 saturated carbocycles. The lowest BCUT2D eigenvalue weighted by atomic mass is 9.89. The van der Waals surface area contributed by atoms with Gasteiger partial charge in [0, 0.05) is 37.1 Å². The summed E-state index contributed by atoms with van der Waals surface area (Å²) in [7, 11) is 0. The fourth-order valence-corrected chi connectivity index (χ4v) is 2.97. The number of likely N-dealkylation sites (tertiary alicyclic amines) is 1. The van der Waals surface area contributed by atoms with Gasteiger partial charge in [0.15, 0.2) is 0 Å². The summed E-state index contributed by atoms with van der Waals surface area (Å²) in [5.74, 6) is 0.619. The van der Waals surface area contributed by atoms with Crippen LogP contribution in [0.25, 0.3) is 0 Å². The molecule has 0 aliphatic carbocycles. The highest BCUT2D eigenvalue weighted by atomic mass is 16.4. The van der Waals surface area contributed by atoms with E-state index in [2.05, 4.69) is 21.4 Å². The predicted octanol–water partition coefficient (Wildman–Crippen LogP) is 2.98. The fourth-order valence-electron chi connectivity index (χ4n) is 2.97. The van der Waals surface area contributed by atoms with Gasteiger partial charge in [0.05, 0.1) is 6.42 Å². The van der Waals surface area contributed by atoms with Gasteiger partial charge in [0.2, 0.25) is 0 Å². The van der Waals surface area contributed by atoms with E-state index in [1.807, 2.05) is 13.0 Å². The van der Waals surface area contributed by atoms with Crippen LogP contribution in [0, 0.1) is 12.8 Å². The van der Waals surface area contributed by atoms with Crippen LogP contribution in [0.2, 0.25) is 0 Å². The molecule has 2 rings (SSSR count). The second-order valence-electron chi connectivity index (χ2n) is 6.07. The van der Waals surface area contributed by atoms with Crippen molar-refractivity contribution in [3.63, 3.8) is 0 Å². The number of carboxylic acids is 1. The Bertz CT molecular complexity index is 495. The van der Waals surface area contributed by atoms with Gasteiger partial charge in [-0.1, -0.05) is 12.5 Å². The normalized spacial score (nSPS) is 17.0. The van der Waals surface area contributed by atoms with E-state index in [1.54, 1.807) is 12.4 Å². The summed E-state index contributed by atoms with van der Waals surface area (Å²) in [6.45, 7) is 7.51. The molecule has 1 atom stereocenters. The SMILES string of the molecule is C=CCCCCC1CN(C(CC(=O)O)c2cnc(C)nc2)C1. The fraction of sp³-hybridized carbons (Fsp3) is 0.588. The van der Waals surface area contributed by atoms with Crippen molar-refractivity contribution < 1.29 is 9.90 Å². The maximum atomic E-state index is 11.1. The van der Waals surface area contributed by atoms with Crippen molar-refractivity contribution in [2.45, 2.75) is 45.1 Å². The average Bonchev–Trinajstić information content (AvgIpc) is 2.44. The van der Waals surface area contributed by atoms with Crippen LogP contribution in [0.1, 0.15) is 49.5 Å². The van der Waals surface area contributed by atoms with Crippen molar-refractivity contribution in [3.8, 4) is 0 Å². The van der Waals surface area contributed by atoms with Gasteiger partial charge in [0.1, 0.15) is 5.82 Å². The Kier molecular flexibility index (Phi) is 6.07. The molecule has 2 heterocycles. The van der Waals surface area contributed by atoms with E-state index in [9.17, 15) is 4.79 Å². The standard InChI is InChI=1S/C17H25N3O2/c1-3-4-5-6-7-14-11-20(12-14)16(8-17(21)22)15-9-18-13(2)19-10-15/h3,9-10,14,16H,1,4-8,11-12H2,2H3,(H,21,22). The predicted molar refractivity (Wildman–Crippen MR) is 85.5 cm³/mol. The van der Waals surface area contributed by atoms with Gasteiger partial charge in [-0.25, -0.2) is 9.97 Å².